The number of hydrogen-bond acceptors (Lipinski definition) is 2. The lowest BCUT2D eigenvalue weighted by Gasteiger charge is -1.99. The van der Waals surface area contributed by atoms with Gasteiger partial charge in [0.25, 0.3) is 0 Å². The molecule has 0 saturated heterocycles. The molecule has 1 aromatic heterocycles. The number of aromatic nitrogens is 1. The van der Waals surface area contributed by atoms with Crippen LogP contribution in [0, 0.1) is 0 Å². The van der Waals surface area contributed by atoms with Gasteiger partial charge in [-0.1, -0.05) is 0 Å². The van der Waals surface area contributed by atoms with Crippen LogP contribution in [0.25, 0.3) is 0 Å². The second kappa shape index (κ2) is 2.01. The lowest BCUT2D eigenvalue weighted by Crippen LogP contribution is -1.90. The lowest BCUT2D eigenvalue weighted by molar-refractivity contribution is 0.373. The van der Waals surface area contributed by atoms with Gasteiger partial charge in [-0.25, -0.2) is 0 Å². The highest BCUT2D eigenvalue weighted by Crippen LogP contribution is 2.19. The smallest absolute Gasteiger partial charge is 0.193 e. The van der Waals surface area contributed by atoms with E-state index in [9.17, 15) is 0 Å². The molecule has 2 N–H and O–H groups in total. The highest BCUT2D eigenvalue weighted by molar-refractivity contribution is 5.23. The zero-order chi connectivity index (χ0) is 6.85. The van der Waals surface area contributed by atoms with Crippen molar-refractivity contribution < 1.29 is 10.2 Å². The van der Waals surface area contributed by atoms with Crippen LogP contribution in [-0.4, -0.2) is 14.8 Å². The molecule has 0 fully saturated rings. The molecule has 0 radical (unpaired) electrons. The maximum atomic E-state index is 8.93. The van der Waals surface area contributed by atoms with Crippen LogP contribution in [0.3, 0.4) is 0 Å². The molecule has 0 spiro atoms. The molecule has 1 heterocycles. The number of aromatic hydroxyl groups is 2. The molecule has 0 aliphatic heterocycles. The summed E-state index contributed by atoms with van der Waals surface area (Å²) in [6.07, 6.45) is 0. The molecule has 1 aromatic rings. The molecule has 0 atom stereocenters. The van der Waals surface area contributed by atoms with Crippen LogP contribution in [0.1, 0.15) is 6.92 Å². The Hall–Kier alpha value is -1.12. The molecule has 1 rings (SSSR count). The minimum atomic E-state index is 0.106. The van der Waals surface area contributed by atoms with Gasteiger partial charge >= 0.3 is 0 Å². The van der Waals surface area contributed by atoms with Crippen LogP contribution in [-0.2, 0) is 6.54 Å². The summed E-state index contributed by atoms with van der Waals surface area (Å²) in [6, 6.07) is 2.91. The second-order valence-electron chi connectivity index (χ2n) is 1.79. The van der Waals surface area contributed by atoms with Crippen LogP contribution in [0.4, 0.5) is 0 Å². The van der Waals surface area contributed by atoms with Crippen molar-refractivity contribution in [2.45, 2.75) is 13.5 Å². The van der Waals surface area contributed by atoms with Gasteiger partial charge in [0, 0.05) is 18.7 Å². The summed E-state index contributed by atoms with van der Waals surface area (Å²) >= 11 is 0. The van der Waals surface area contributed by atoms with E-state index in [4.69, 9.17) is 10.2 Å². The Labute approximate surface area is 53.2 Å². The molecule has 0 amide bonds. The van der Waals surface area contributed by atoms with Gasteiger partial charge in [-0.15, -0.1) is 0 Å². The molecule has 50 valence electrons. The monoisotopic (exact) mass is 127 g/mol. The molecular weight excluding hydrogens is 118 g/mol. The zero-order valence-corrected chi connectivity index (χ0v) is 5.20. The summed E-state index contributed by atoms with van der Waals surface area (Å²) in [6.45, 7) is 2.43. The predicted octanol–water partition coefficient (Wildman–Crippen LogP) is 0.919. The fraction of sp³-hybridized carbons (Fsp3) is 0.333. The number of nitrogens with zero attached hydrogens (tertiary/aromatic N) is 1. The molecule has 0 saturated carbocycles. The van der Waals surface area contributed by atoms with Crippen molar-refractivity contribution in [3.05, 3.63) is 12.1 Å². The van der Waals surface area contributed by atoms with Gasteiger partial charge in [0.1, 0.15) is 0 Å². The van der Waals surface area contributed by atoms with E-state index in [1.54, 1.807) is 0 Å². The van der Waals surface area contributed by atoms with E-state index in [2.05, 4.69) is 0 Å². The highest BCUT2D eigenvalue weighted by atomic mass is 16.3. The van der Waals surface area contributed by atoms with Gasteiger partial charge in [-0.2, -0.15) is 0 Å². The van der Waals surface area contributed by atoms with E-state index < -0.39 is 0 Å². The number of hydrogen-bond donors (Lipinski definition) is 2. The molecule has 0 aliphatic carbocycles. The molecular formula is C6H9NO2. The Morgan fingerprint density at radius 1 is 1.33 bits per heavy atom. The van der Waals surface area contributed by atoms with Gasteiger partial charge in [0.05, 0.1) is 0 Å². The van der Waals surface area contributed by atoms with Gasteiger partial charge < -0.3 is 10.2 Å². The maximum absolute atomic E-state index is 8.93. The van der Waals surface area contributed by atoms with Gasteiger partial charge in [0.2, 0.25) is 0 Å². The quantitative estimate of drug-likeness (QED) is 0.589. The van der Waals surface area contributed by atoms with Gasteiger partial charge in [-0.05, 0) is 6.92 Å². The van der Waals surface area contributed by atoms with E-state index >= 15 is 0 Å². The standard InChI is InChI=1S/C6H9NO2/c1-2-7-5(8)3-4-6(7)9/h3-4,8-9H,2H2,1H3. The van der Waals surface area contributed by atoms with Crippen molar-refractivity contribution in [3.8, 4) is 11.8 Å². The van der Waals surface area contributed by atoms with E-state index in [0.29, 0.717) is 6.54 Å². The topological polar surface area (TPSA) is 45.4 Å². The normalized spacial score (nSPS) is 9.89. The van der Waals surface area contributed by atoms with Crippen molar-refractivity contribution in [1.29, 1.82) is 0 Å². The van der Waals surface area contributed by atoms with E-state index in [-0.39, 0.29) is 11.8 Å². The minimum absolute atomic E-state index is 0.106. The SMILES string of the molecule is CCn1c(O)ccc1O. The first-order valence-electron chi connectivity index (χ1n) is 2.83. The fourth-order valence-electron chi connectivity index (χ4n) is 0.770. The van der Waals surface area contributed by atoms with Crippen LogP contribution < -0.4 is 0 Å². The van der Waals surface area contributed by atoms with Crippen molar-refractivity contribution in [2.24, 2.45) is 0 Å². The summed E-state index contributed by atoms with van der Waals surface area (Å²) in [5.74, 6) is 0.213. The van der Waals surface area contributed by atoms with Crippen LogP contribution >= 0.6 is 0 Å². The Bertz CT molecular complexity index is 185. The van der Waals surface area contributed by atoms with Crippen molar-refractivity contribution in [1.82, 2.24) is 4.57 Å². The van der Waals surface area contributed by atoms with Crippen LogP contribution in [0.15, 0.2) is 12.1 Å². The molecule has 0 aliphatic rings. The lowest BCUT2D eigenvalue weighted by atomic mass is 10.6. The third-order valence-corrected chi connectivity index (χ3v) is 1.25. The number of rotatable bonds is 1. The van der Waals surface area contributed by atoms with Crippen LogP contribution in [0.2, 0.25) is 0 Å². The molecule has 3 nitrogen and oxygen atoms in total. The van der Waals surface area contributed by atoms with E-state index in [0.717, 1.165) is 0 Å². The summed E-state index contributed by atoms with van der Waals surface area (Å²) in [7, 11) is 0. The molecule has 0 bridgehead atoms. The second-order valence-corrected chi connectivity index (χ2v) is 1.79. The van der Waals surface area contributed by atoms with Gasteiger partial charge in [0.15, 0.2) is 11.8 Å². The largest absolute Gasteiger partial charge is 0.494 e. The third-order valence-electron chi connectivity index (χ3n) is 1.25. The average molecular weight is 127 g/mol. The predicted molar refractivity (Wildman–Crippen MR) is 33.4 cm³/mol. The average Bonchev–Trinajstić information content (AvgIpc) is 2.12. The summed E-state index contributed by atoms with van der Waals surface area (Å²) in [5.41, 5.74) is 0. The molecule has 3 heteroatoms. The fourth-order valence-corrected chi connectivity index (χ4v) is 0.770. The van der Waals surface area contributed by atoms with Crippen LogP contribution in [0.5, 0.6) is 11.8 Å². The molecule has 9 heavy (non-hydrogen) atoms. The van der Waals surface area contributed by atoms with E-state index in [1.165, 1.54) is 16.7 Å². The maximum Gasteiger partial charge on any atom is 0.193 e. The van der Waals surface area contributed by atoms with Crippen molar-refractivity contribution in [2.75, 3.05) is 0 Å². The first-order chi connectivity index (χ1) is 4.25. The highest BCUT2D eigenvalue weighted by Gasteiger charge is 2.00. The van der Waals surface area contributed by atoms with Crippen molar-refractivity contribution >= 4 is 0 Å². The Kier molecular flexibility index (Phi) is 1.34. The first-order valence-corrected chi connectivity index (χ1v) is 2.83. The van der Waals surface area contributed by atoms with E-state index in [1.807, 2.05) is 6.92 Å². The molecule has 0 aromatic carbocycles. The summed E-state index contributed by atoms with van der Waals surface area (Å²) < 4.78 is 1.40. The van der Waals surface area contributed by atoms with Crippen molar-refractivity contribution in [3.63, 3.8) is 0 Å². The summed E-state index contributed by atoms with van der Waals surface area (Å²) in [5, 5.41) is 17.9. The first kappa shape index (κ1) is 6.01. The Balaban J connectivity index is 3.07. The Morgan fingerprint density at radius 3 is 2.00 bits per heavy atom. The minimum Gasteiger partial charge on any atom is -0.494 e. The Morgan fingerprint density at radius 2 is 1.78 bits per heavy atom. The zero-order valence-electron chi connectivity index (χ0n) is 5.20. The summed E-state index contributed by atoms with van der Waals surface area (Å²) in [4.78, 5) is 0. The third kappa shape index (κ3) is 0.850. The van der Waals surface area contributed by atoms with Gasteiger partial charge in [-0.3, -0.25) is 4.57 Å². The molecule has 0 unspecified atom stereocenters.